The van der Waals surface area contributed by atoms with Crippen molar-refractivity contribution in [2.75, 3.05) is 0 Å². The fourth-order valence-electron chi connectivity index (χ4n) is 2.58. The third-order valence-electron chi connectivity index (χ3n) is 3.64. The quantitative estimate of drug-likeness (QED) is 0.807. The van der Waals surface area contributed by atoms with Crippen LogP contribution < -0.4 is 5.73 Å². The lowest BCUT2D eigenvalue weighted by molar-refractivity contribution is 0.629. The molecule has 22 heavy (non-hydrogen) atoms. The number of aromatic nitrogens is 3. The Morgan fingerprint density at radius 3 is 2.59 bits per heavy atom. The second kappa shape index (κ2) is 5.69. The van der Waals surface area contributed by atoms with Gasteiger partial charge in [0.1, 0.15) is 17.2 Å². The summed E-state index contributed by atoms with van der Waals surface area (Å²) in [5.41, 5.74) is 10.5. The minimum Gasteiger partial charge on any atom is -0.325 e. The third kappa shape index (κ3) is 2.40. The fraction of sp³-hybridized carbons (Fsp3) is 0.176. The number of benzene rings is 2. The topological polar surface area (TPSA) is 56.7 Å². The van der Waals surface area contributed by atoms with Crippen LogP contribution in [0, 0.1) is 19.7 Å². The molecule has 2 aromatic carbocycles. The van der Waals surface area contributed by atoms with E-state index in [0.29, 0.717) is 17.0 Å². The van der Waals surface area contributed by atoms with Crippen LogP contribution in [0.15, 0.2) is 42.5 Å². The molecule has 112 valence electrons. The van der Waals surface area contributed by atoms with Crippen molar-refractivity contribution in [3.63, 3.8) is 0 Å². The van der Waals surface area contributed by atoms with Crippen LogP contribution in [0.4, 0.5) is 4.39 Å². The molecular formula is C17H17FN4. The van der Waals surface area contributed by atoms with E-state index >= 15 is 0 Å². The van der Waals surface area contributed by atoms with E-state index in [9.17, 15) is 4.39 Å². The molecule has 0 saturated heterocycles. The molecule has 0 atom stereocenters. The molecule has 0 saturated carbocycles. The Kier molecular flexibility index (Phi) is 3.73. The minimum absolute atomic E-state index is 0.203. The Morgan fingerprint density at radius 2 is 1.91 bits per heavy atom. The predicted octanol–water partition coefficient (Wildman–Crippen LogP) is 3.15. The smallest absolute Gasteiger partial charge is 0.132 e. The summed E-state index contributed by atoms with van der Waals surface area (Å²) in [6.45, 7) is 4.23. The zero-order valence-corrected chi connectivity index (χ0v) is 12.5. The summed E-state index contributed by atoms with van der Waals surface area (Å²) < 4.78 is 15.9. The van der Waals surface area contributed by atoms with Gasteiger partial charge < -0.3 is 5.73 Å². The molecule has 3 rings (SSSR count). The Hall–Kier alpha value is -2.53. The molecule has 0 fully saturated rings. The summed E-state index contributed by atoms with van der Waals surface area (Å²) in [6, 6.07) is 12.6. The Morgan fingerprint density at radius 1 is 1.14 bits per heavy atom. The maximum atomic E-state index is 14.2. The number of hydrogen-bond acceptors (Lipinski definition) is 3. The highest BCUT2D eigenvalue weighted by Crippen LogP contribution is 2.28. The molecule has 1 aromatic heterocycles. The van der Waals surface area contributed by atoms with Gasteiger partial charge in [-0.3, -0.25) is 0 Å². The van der Waals surface area contributed by atoms with E-state index in [1.54, 1.807) is 22.9 Å². The van der Waals surface area contributed by atoms with Crippen molar-refractivity contribution in [3.8, 4) is 16.9 Å². The molecule has 2 N–H and O–H groups in total. The lowest BCUT2D eigenvalue weighted by atomic mass is 10.1. The van der Waals surface area contributed by atoms with Crippen molar-refractivity contribution >= 4 is 0 Å². The Bertz CT molecular complexity index is 823. The number of nitrogens with two attached hydrogens (primary N) is 1. The minimum atomic E-state index is -0.314. The van der Waals surface area contributed by atoms with Crippen molar-refractivity contribution in [1.82, 2.24) is 15.0 Å². The van der Waals surface area contributed by atoms with Gasteiger partial charge >= 0.3 is 0 Å². The van der Waals surface area contributed by atoms with Crippen LogP contribution in [-0.2, 0) is 6.54 Å². The molecule has 0 spiro atoms. The van der Waals surface area contributed by atoms with Gasteiger partial charge in [0, 0.05) is 12.1 Å². The first kappa shape index (κ1) is 14.4. The van der Waals surface area contributed by atoms with E-state index in [4.69, 9.17) is 5.73 Å². The molecule has 0 amide bonds. The second-order valence-electron chi connectivity index (χ2n) is 5.27. The molecule has 4 nitrogen and oxygen atoms in total. The monoisotopic (exact) mass is 296 g/mol. The first-order valence-electron chi connectivity index (χ1n) is 7.09. The van der Waals surface area contributed by atoms with Gasteiger partial charge in [-0.2, -0.15) is 0 Å². The summed E-state index contributed by atoms with van der Waals surface area (Å²) in [4.78, 5) is 0. The molecule has 0 radical (unpaired) electrons. The molecule has 5 heteroatoms. The van der Waals surface area contributed by atoms with Gasteiger partial charge in [-0.05, 0) is 37.6 Å². The number of aryl methyl sites for hydroxylation is 2. The van der Waals surface area contributed by atoms with E-state index in [0.717, 1.165) is 16.8 Å². The molecular weight excluding hydrogens is 279 g/mol. The average molecular weight is 296 g/mol. The van der Waals surface area contributed by atoms with E-state index in [1.165, 1.54) is 6.07 Å². The lowest BCUT2D eigenvalue weighted by Crippen LogP contribution is -2.05. The first-order valence-corrected chi connectivity index (χ1v) is 7.09. The summed E-state index contributed by atoms with van der Waals surface area (Å²) in [5, 5.41) is 8.30. The first-order chi connectivity index (χ1) is 10.6. The van der Waals surface area contributed by atoms with Crippen LogP contribution in [0.5, 0.6) is 0 Å². The highest BCUT2D eigenvalue weighted by Gasteiger charge is 2.19. The standard InChI is InChI=1S/C17H17FN4/c1-11-7-8-16(12(2)9-11)22-17(15(10-19)20-21-22)13-5-3-4-6-14(13)18/h3-9H,10,19H2,1-2H3. The van der Waals surface area contributed by atoms with Gasteiger partial charge in [0.25, 0.3) is 0 Å². The zero-order valence-electron chi connectivity index (χ0n) is 12.5. The fourth-order valence-corrected chi connectivity index (χ4v) is 2.58. The largest absolute Gasteiger partial charge is 0.325 e. The third-order valence-corrected chi connectivity index (χ3v) is 3.64. The second-order valence-corrected chi connectivity index (χ2v) is 5.27. The summed E-state index contributed by atoms with van der Waals surface area (Å²) in [7, 11) is 0. The van der Waals surface area contributed by atoms with E-state index in [-0.39, 0.29) is 12.4 Å². The van der Waals surface area contributed by atoms with Gasteiger partial charge in [-0.15, -0.1) is 5.10 Å². The van der Waals surface area contributed by atoms with Crippen LogP contribution in [0.2, 0.25) is 0 Å². The predicted molar refractivity (Wildman–Crippen MR) is 84.1 cm³/mol. The van der Waals surface area contributed by atoms with Gasteiger partial charge in [0.05, 0.1) is 5.69 Å². The molecule has 0 bridgehead atoms. The summed E-state index contributed by atoms with van der Waals surface area (Å²) in [5.74, 6) is -0.314. The normalized spacial score (nSPS) is 10.9. The molecule has 3 aromatic rings. The van der Waals surface area contributed by atoms with Gasteiger partial charge in [0.15, 0.2) is 0 Å². The van der Waals surface area contributed by atoms with E-state index in [1.807, 2.05) is 26.0 Å². The van der Waals surface area contributed by atoms with Crippen LogP contribution in [0.1, 0.15) is 16.8 Å². The van der Waals surface area contributed by atoms with Crippen LogP contribution in [-0.4, -0.2) is 15.0 Å². The SMILES string of the molecule is Cc1ccc(-n2nnc(CN)c2-c2ccccc2F)c(C)c1. The van der Waals surface area contributed by atoms with Crippen LogP contribution in [0.25, 0.3) is 16.9 Å². The van der Waals surface area contributed by atoms with E-state index < -0.39 is 0 Å². The maximum Gasteiger partial charge on any atom is 0.132 e. The molecule has 1 heterocycles. The van der Waals surface area contributed by atoms with Crippen molar-refractivity contribution < 1.29 is 4.39 Å². The molecule has 0 unspecified atom stereocenters. The molecule has 0 aliphatic heterocycles. The average Bonchev–Trinajstić information content (AvgIpc) is 2.91. The van der Waals surface area contributed by atoms with Gasteiger partial charge in [-0.1, -0.05) is 35.0 Å². The van der Waals surface area contributed by atoms with Crippen LogP contribution in [0.3, 0.4) is 0 Å². The van der Waals surface area contributed by atoms with Gasteiger partial charge in [0.2, 0.25) is 0 Å². The number of hydrogen-bond donors (Lipinski definition) is 1. The maximum absolute atomic E-state index is 14.2. The highest BCUT2D eigenvalue weighted by atomic mass is 19.1. The number of rotatable bonds is 3. The van der Waals surface area contributed by atoms with Crippen molar-refractivity contribution in [3.05, 3.63) is 65.1 Å². The molecule has 0 aliphatic carbocycles. The van der Waals surface area contributed by atoms with Crippen molar-refractivity contribution in [2.24, 2.45) is 5.73 Å². The van der Waals surface area contributed by atoms with Crippen LogP contribution >= 0.6 is 0 Å². The highest BCUT2D eigenvalue weighted by molar-refractivity contribution is 5.65. The number of halogens is 1. The Balaban J connectivity index is 2.26. The summed E-state index contributed by atoms with van der Waals surface area (Å²) >= 11 is 0. The number of nitrogens with zero attached hydrogens (tertiary/aromatic N) is 3. The lowest BCUT2D eigenvalue weighted by Gasteiger charge is -2.11. The summed E-state index contributed by atoms with van der Waals surface area (Å²) in [6.07, 6.45) is 0. The van der Waals surface area contributed by atoms with Crippen molar-refractivity contribution in [1.29, 1.82) is 0 Å². The Labute approximate surface area is 128 Å². The zero-order chi connectivity index (χ0) is 15.7. The molecule has 0 aliphatic rings. The van der Waals surface area contributed by atoms with Crippen molar-refractivity contribution in [2.45, 2.75) is 20.4 Å². The van der Waals surface area contributed by atoms with Gasteiger partial charge in [-0.25, -0.2) is 9.07 Å². The van der Waals surface area contributed by atoms with E-state index in [2.05, 4.69) is 16.4 Å².